The molecule has 0 heterocycles. The molecule has 0 spiro atoms. The van der Waals surface area contributed by atoms with Gasteiger partial charge in [-0.15, -0.1) is 0 Å². The number of nitrogens with zero attached hydrogens (tertiary/aromatic N) is 1. The molecule has 0 N–H and O–H groups in total. The van der Waals surface area contributed by atoms with Gasteiger partial charge in [-0.3, -0.25) is 0 Å². The van der Waals surface area contributed by atoms with Crippen LogP contribution in [0.5, 0.6) is 17.2 Å². The Morgan fingerprint density at radius 3 is 2.18 bits per heavy atom. The van der Waals surface area contributed by atoms with Gasteiger partial charge in [0.2, 0.25) is 5.75 Å². The fraction of sp³-hybridized carbons (Fsp3) is 0.182. The second kappa shape index (κ2) is 8.43. The lowest BCUT2D eigenvalue weighted by molar-refractivity contribution is -0.140. The highest BCUT2D eigenvalue weighted by Crippen LogP contribution is 2.41. The van der Waals surface area contributed by atoms with Crippen molar-refractivity contribution >= 4 is 22.5 Å². The molecule has 0 atom stereocenters. The standard InChI is InChI=1S/C22H21NO5/c1-14(24)28-23-20(17-11-7-9-15-8-5-6-10-16(15)17)18-12-13-19(25-2)22(27-4)21(18)26-3/h5-13H,1-4H3/b23-20+. The number of methoxy groups -OCH3 is 3. The number of benzene rings is 3. The Balaban J connectivity index is 2.31. The van der Waals surface area contributed by atoms with Crippen molar-refractivity contribution in [3.8, 4) is 17.2 Å². The van der Waals surface area contributed by atoms with Gasteiger partial charge in [-0.2, -0.15) is 0 Å². The molecule has 6 heteroatoms. The maximum atomic E-state index is 11.4. The monoisotopic (exact) mass is 379 g/mol. The number of carbonyl (C=O) groups is 1. The van der Waals surface area contributed by atoms with E-state index < -0.39 is 5.97 Å². The Morgan fingerprint density at radius 2 is 1.50 bits per heavy atom. The molecule has 0 aliphatic heterocycles. The van der Waals surface area contributed by atoms with E-state index in [1.807, 2.05) is 42.5 Å². The van der Waals surface area contributed by atoms with E-state index in [9.17, 15) is 4.79 Å². The van der Waals surface area contributed by atoms with Crippen LogP contribution < -0.4 is 14.2 Å². The van der Waals surface area contributed by atoms with E-state index in [0.29, 0.717) is 28.5 Å². The quantitative estimate of drug-likeness (QED) is 0.365. The van der Waals surface area contributed by atoms with Crippen LogP contribution in [-0.4, -0.2) is 33.0 Å². The lowest BCUT2D eigenvalue weighted by Crippen LogP contribution is -2.10. The first kappa shape index (κ1) is 19.2. The molecule has 0 fully saturated rings. The summed E-state index contributed by atoms with van der Waals surface area (Å²) in [5.74, 6) is 0.865. The zero-order valence-electron chi connectivity index (χ0n) is 16.2. The van der Waals surface area contributed by atoms with Crippen LogP contribution in [-0.2, 0) is 9.63 Å². The van der Waals surface area contributed by atoms with Crippen molar-refractivity contribution in [2.45, 2.75) is 6.92 Å². The zero-order chi connectivity index (χ0) is 20.1. The fourth-order valence-corrected chi connectivity index (χ4v) is 3.07. The molecular weight excluding hydrogens is 358 g/mol. The van der Waals surface area contributed by atoms with Crippen molar-refractivity contribution in [2.75, 3.05) is 21.3 Å². The van der Waals surface area contributed by atoms with E-state index in [2.05, 4.69) is 5.16 Å². The molecule has 28 heavy (non-hydrogen) atoms. The first-order chi connectivity index (χ1) is 13.6. The predicted octanol–water partition coefficient (Wildman–Crippen LogP) is 4.18. The third kappa shape index (κ3) is 3.62. The molecule has 6 nitrogen and oxygen atoms in total. The normalized spacial score (nSPS) is 11.2. The SMILES string of the molecule is COc1ccc(/C(=N/OC(C)=O)c2cccc3ccccc23)c(OC)c1OC. The van der Waals surface area contributed by atoms with Crippen LogP contribution >= 0.6 is 0 Å². The summed E-state index contributed by atoms with van der Waals surface area (Å²) in [5.41, 5.74) is 1.85. The third-order valence-corrected chi connectivity index (χ3v) is 4.27. The predicted molar refractivity (Wildman–Crippen MR) is 107 cm³/mol. The molecule has 0 aromatic heterocycles. The van der Waals surface area contributed by atoms with E-state index in [-0.39, 0.29) is 0 Å². The highest BCUT2D eigenvalue weighted by molar-refractivity contribution is 6.20. The molecule has 0 radical (unpaired) electrons. The molecule has 3 aromatic carbocycles. The summed E-state index contributed by atoms with van der Waals surface area (Å²) in [6, 6.07) is 17.3. The average Bonchev–Trinajstić information content (AvgIpc) is 2.73. The lowest BCUT2D eigenvalue weighted by Gasteiger charge is -2.17. The van der Waals surface area contributed by atoms with Gasteiger partial charge in [-0.1, -0.05) is 47.6 Å². The molecule has 0 bridgehead atoms. The number of ether oxygens (including phenoxy) is 3. The smallest absolute Gasteiger partial charge is 0.332 e. The molecule has 0 saturated heterocycles. The molecule has 0 aliphatic rings. The van der Waals surface area contributed by atoms with Gasteiger partial charge in [0.05, 0.1) is 26.9 Å². The fourth-order valence-electron chi connectivity index (χ4n) is 3.07. The Kier molecular flexibility index (Phi) is 5.79. The van der Waals surface area contributed by atoms with Crippen LogP contribution in [0.2, 0.25) is 0 Å². The molecule has 0 unspecified atom stereocenters. The first-order valence-electron chi connectivity index (χ1n) is 8.63. The number of fused-ring (bicyclic) bond motifs is 1. The van der Waals surface area contributed by atoms with Crippen molar-refractivity contribution in [1.29, 1.82) is 0 Å². The summed E-state index contributed by atoms with van der Waals surface area (Å²) in [6.45, 7) is 1.30. The second-order valence-electron chi connectivity index (χ2n) is 5.93. The van der Waals surface area contributed by atoms with Gasteiger partial charge in [0, 0.05) is 12.5 Å². The molecular formula is C22H21NO5. The minimum absolute atomic E-state index is 0.429. The number of hydrogen-bond acceptors (Lipinski definition) is 6. The molecule has 3 aromatic rings. The van der Waals surface area contributed by atoms with Gasteiger partial charge in [0.25, 0.3) is 0 Å². The number of rotatable bonds is 6. The van der Waals surface area contributed by atoms with Crippen LogP contribution in [0.1, 0.15) is 18.1 Å². The van der Waals surface area contributed by atoms with Gasteiger partial charge in [0.1, 0.15) is 5.71 Å². The van der Waals surface area contributed by atoms with Gasteiger partial charge in [-0.05, 0) is 22.9 Å². The highest BCUT2D eigenvalue weighted by atomic mass is 16.7. The lowest BCUT2D eigenvalue weighted by atomic mass is 9.95. The van der Waals surface area contributed by atoms with Gasteiger partial charge in [0.15, 0.2) is 11.5 Å². The molecule has 0 aliphatic carbocycles. The largest absolute Gasteiger partial charge is 0.493 e. The average molecular weight is 379 g/mol. The van der Waals surface area contributed by atoms with E-state index in [0.717, 1.165) is 16.3 Å². The Morgan fingerprint density at radius 1 is 0.786 bits per heavy atom. The number of carbonyl (C=O) groups excluding carboxylic acids is 1. The van der Waals surface area contributed by atoms with Gasteiger partial charge < -0.3 is 19.0 Å². The van der Waals surface area contributed by atoms with Crippen molar-refractivity contribution in [1.82, 2.24) is 0 Å². The minimum atomic E-state index is -0.516. The van der Waals surface area contributed by atoms with Crippen LogP contribution in [0.4, 0.5) is 0 Å². The Labute approximate surface area is 163 Å². The Bertz CT molecular complexity index is 1040. The summed E-state index contributed by atoms with van der Waals surface area (Å²) in [6.07, 6.45) is 0. The Hall–Kier alpha value is -3.54. The van der Waals surface area contributed by atoms with Crippen LogP contribution in [0.15, 0.2) is 59.8 Å². The van der Waals surface area contributed by atoms with Crippen molar-refractivity contribution in [3.63, 3.8) is 0 Å². The zero-order valence-corrected chi connectivity index (χ0v) is 16.2. The van der Waals surface area contributed by atoms with Crippen molar-refractivity contribution < 1.29 is 23.8 Å². The van der Waals surface area contributed by atoms with Crippen LogP contribution in [0.3, 0.4) is 0 Å². The van der Waals surface area contributed by atoms with Crippen molar-refractivity contribution in [2.24, 2.45) is 5.16 Å². The molecule has 3 rings (SSSR count). The van der Waals surface area contributed by atoms with E-state index in [4.69, 9.17) is 19.0 Å². The maximum absolute atomic E-state index is 11.4. The summed E-state index contributed by atoms with van der Waals surface area (Å²) in [7, 11) is 4.62. The maximum Gasteiger partial charge on any atom is 0.332 e. The second-order valence-corrected chi connectivity index (χ2v) is 5.93. The topological polar surface area (TPSA) is 66.4 Å². The van der Waals surface area contributed by atoms with Gasteiger partial charge >= 0.3 is 5.97 Å². The van der Waals surface area contributed by atoms with E-state index >= 15 is 0 Å². The van der Waals surface area contributed by atoms with Crippen LogP contribution in [0, 0.1) is 0 Å². The number of hydrogen-bond donors (Lipinski definition) is 0. The van der Waals surface area contributed by atoms with Gasteiger partial charge in [-0.25, -0.2) is 4.79 Å². The molecule has 144 valence electrons. The highest BCUT2D eigenvalue weighted by Gasteiger charge is 2.22. The first-order valence-corrected chi connectivity index (χ1v) is 8.63. The minimum Gasteiger partial charge on any atom is -0.493 e. The van der Waals surface area contributed by atoms with Crippen molar-refractivity contribution in [3.05, 3.63) is 65.7 Å². The molecule has 0 saturated carbocycles. The molecule has 0 amide bonds. The summed E-state index contributed by atoms with van der Waals surface area (Å²) >= 11 is 0. The van der Waals surface area contributed by atoms with E-state index in [1.165, 1.54) is 21.1 Å². The third-order valence-electron chi connectivity index (χ3n) is 4.27. The number of oxime groups is 1. The summed E-state index contributed by atoms with van der Waals surface area (Å²) in [5, 5.41) is 6.15. The summed E-state index contributed by atoms with van der Waals surface area (Å²) < 4.78 is 16.4. The summed E-state index contributed by atoms with van der Waals surface area (Å²) in [4.78, 5) is 16.5. The van der Waals surface area contributed by atoms with Crippen LogP contribution in [0.25, 0.3) is 10.8 Å². The van der Waals surface area contributed by atoms with E-state index in [1.54, 1.807) is 19.2 Å².